The Kier molecular flexibility index (Phi) is 7.62. The van der Waals surface area contributed by atoms with Crippen molar-refractivity contribution in [3.8, 4) is 5.75 Å². The highest BCUT2D eigenvalue weighted by atomic mass is 35.5. The topological polar surface area (TPSA) is 85.8 Å². The van der Waals surface area contributed by atoms with E-state index in [9.17, 15) is 4.79 Å². The second-order valence-electron chi connectivity index (χ2n) is 7.45. The molecule has 3 aromatic rings. The summed E-state index contributed by atoms with van der Waals surface area (Å²) in [6, 6.07) is 7.52. The Morgan fingerprint density at radius 1 is 1.24 bits per heavy atom. The SMILES string of the molecule is CCOC(=O)OC1CCN(c2nc(NCc3ccc(OC)c(Cl)c3)c3cc(Cl)sc3n2)CC1. The Balaban J connectivity index is 1.49. The lowest BCUT2D eigenvalue weighted by molar-refractivity contribution is 0.0183. The van der Waals surface area contributed by atoms with Crippen molar-refractivity contribution in [2.24, 2.45) is 0 Å². The van der Waals surface area contributed by atoms with Crippen LogP contribution in [-0.4, -0.2) is 49.0 Å². The first-order valence-electron chi connectivity index (χ1n) is 10.6. The van der Waals surface area contributed by atoms with Crippen LogP contribution in [0.1, 0.15) is 25.3 Å². The molecule has 1 fully saturated rings. The minimum absolute atomic E-state index is 0.169. The summed E-state index contributed by atoms with van der Waals surface area (Å²) in [6.45, 7) is 3.92. The first kappa shape index (κ1) is 23.7. The molecule has 33 heavy (non-hydrogen) atoms. The van der Waals surface area contributed by atoms with Crippen molar-refractivity contribution < 1.29 is 19.0 Å². The number of piperidine rings is 1. The molecule has 8 nitrogen and oxygen atoms in total. The maximum atomic E-state index is 11.6. The van der Waals surface area contributed by atoms with E-state index in [0.717, 1.165) is 15.8 Å². The van der Waals surface area contributed by atoms with Crippen LogP contribution in [0.15, 0.2) is 24.3 Å². The van der Waals surface area contributed by atoms with Gasteiger partial charge < -0.3 is 24.4 Å². The third-order valence-corrected chi connectivity index (χ3v) is 6.73. The molecule has 0 spiro atoms. The van der Waals surface area contributed by atoms with Crippen LogP contribution in [0.3, 0.4) is 0 Å². The van der Waals surface area contributed by atoms with Gasteiger partial charge in [0.05, 0.1) is 28.5 Å². The van der Waals surface area contributed by atoms with E-state index >= 15 is 0 Å². The number of carbonyl (C=O) groups excluding carboxylic acids is 1. The molecule has 1 aromatic carbocycles. The molecule has 1 aliphatic heterocycles. The van der Waals surface area contributed by atoms with Crippen LogP contribution < -0.4 is 15.0 Å². The number of rotatable bonds is 7. The van der Waals surface area contributed by atoms with Crippen molar-refractivity contribution in [1.29, 1.82) is 0 Å². The number of hydrogen-bond donors (Lipinski definition) is 1. The summed E-state index contributed by atoms with van der Waals surface area (Å²) >= 11 is 13.9. The van der Waals surface area contributed by atoms with E-state index in [1.54, 1.807) is 14.0 Å². The predicted octanol–water partition coefficient (Wildman–Crippen LogP) is 5.76. The highest BCUT2D eigenvalue weighted by molar-refractivity contribution is 7.22. The quantitative estimate of drug-likeness (QED) is 0.401. The van der Waals surface area contributed by atoms with Crippen LogP contribution in [0.4, 0.5) is 16.6 Å². The largest absolute Gasteiger partial charge is 0.508 e. The van der Waals surface area contributed by atoms with Gasteiger partial charge in [0.2, 0.25) is 5.95 Å². The molecule has 0 bridgehead atoms. The zero-order valence-electron chi connectivity index (χ0n) is 18.3. The maximum absolute atomic E-state index is 11.6. The zero-order chi connectivity index (χ0) is 23.4. The summed E-state index contributed by atoms with van der Waals surface area (Å²) in [5.41, 5.74) is 0.993. The Labute approximate surface area is 205 Å². The Hall–Kier alpha value is -2.49. The van der Waals surface area contributed by atoms with E-state index in [1.807, 2.05) is 24.3 Å². The van der Waals surface area contributed by atoms with Crippen molar-refractivity contribution in [2.45, 2.75) is 32.4 Å². The normalized spacial score (nSPS) is 14.4. The Morgan fingerprint density at radius 2 is 2.03 bits per heavy atom. The van der Waals surface area contributed by atoms with Crippen LogP contribution in [0.5, 0.6) is 5.75 Å². The summed E-state index contributed by atoms with van der Waals surface area (Å²) in [5, 5.41) is 4.82. The van der Waals surface area contributed by atoms with E-state index in [2.05, 4.69) is 10.2 Å². The number of benzene rings is 1. The van der Waals surface area contributed by atoms with E-state index < -0.39 is 6.16 Å². The summed E-state index contributed by atoms with van der Waals surface area (Å²) in [4.78, 5) is 24.0. The summed E-state index contributed by atoms with van der Waals surface area (Å²) in [6.07, 6.45) is 0.571. The van der Waals surface area contributed by atoms with Crippen LogP contribution >= 0.6 is 34.5 Å². The van der Waals surface area contributed by atoms with E-state index in [0.29, 0.717) is 66.0 Å². The molecule has 1 aliphatic rings. The smallest absolute Gasteiger partial charge is 0.495 e. The van der Waals surface area contributed by atoms with Crippen molar-refractivity contribution in [3.63, 3.8) is 0 Å². The molecule has 2 aromatic heterocycles. The second kappa shape index (κ2) is 10.6. The molecule has 0 atom stereocenters. The maximum Gasteiger partial charge on any atom is 0.508 e. The zero-order valence-corrected chi connectivity index (χ0v) is 20.6. The van der Waals surface area contributed by atoms with Crippen molar-refractivity contribution >= 4 is 62.7 Å². The monoisotopic (exact) mass is 510 g/mol. The van der Waals surface area contributed by atoms with E-state index in [-0.39, 0.29) is 6.10 Å². The Bertz CT molecular complexity index is 1140. The number of anilines is 2. The molecule has 0 aliphatic carbocycles. The van der Waals surface area contributed by atoms with E-state index in [4.69, 9.17) is 47.4 Å². The number of nitrogens with zero attached hydrogens (tertiary/aromatic N) is 3. The van der Waals surface area contributed by atoms with Gasteiger partial charge in [-0.2, -0.15) is 4.98 Å². The molecule has 1 N–H and O–H groups in total. The summed E-state index contributed by atoms with van der Waals surface area (Å²) < 4.78 is 16.1. The Morgan fingerprint density at radius 3 is 2.73 bits per heavy atom. The molecule has 176 valence electrons. The number of halogens is 2. The molecule has 4 rings (SSSR count). The van der Waals surface area contributed by atoms with Crippen LogP contribution in [0, 0.1) is 0 Å². The second-order valence-corrected chi connectivity index (χ2v) is 9.52. The molecular weight excluding hydrogens is 487 g/mol. The number of nitrogens with one attached hydrogen (secondary N) is 1. The molecule has 11 heteroatoms. The third kappa shape index (κ3) is 5.72. The average Bonchev–Trinajstić information content (AvgIpc) is 3.18. The number of hydrogen-bond acceptors (Lipinski definition) is 9. The van der Waals surface area contributed by atoms with Gasteiger partial charge in [0, 0.05) is 32.5 Å². The fraction of sp³-hybridized carbons (Fsp3) is 0.409. The van der Waals surface area contributed by atoms with Crippen molar-refractivity contribution in [1.82, 2.24) is 9.97 Å². The van der Waals surface area contributed by atoms with Gasteiger partial charge in [-0.1, -0.05) is 29.3 Å². The molecule has 3 heterocycles. The number of thiophene rings is 1. The van der Waals surface area contributed by atoms with Crippen LogP contribution in [0.2, 0.25) is 9.36 Å². The minimum atomic E-state index is -0.619. The van der Waals surface area contributed by atoms with Crippen molar-refractivity contribution in [3.05, 3.63) is 39.2 Å². The van der Waals surface area contributed by atoms with Gasteiger partial charge in [-0.15, -0.1) is 11.3 Å². The number of ether oxygens (including phenoxy) is 3. The molecule has 0 saturated carbocycles. The minimum Gasteiger partial charge on any atom is -0.495 e. The summed E-state index contributed by atoms with van der Waals surface area (Å²) in [5.74, 6) is 1.95. The molecule has 0 unspecified atom stereocenters. The van der Waals surface area contributed by atoms with Gasteiger partial charge in [-0.25, -0.2) is 9.78 Å². The third-order valence-electron chi connectivity index (χ3n) is 5.28. The van der Waals surface area contributed by atoms with Gasteiger partial charge in [-0.3, -0.25) is 0 Å². The lowest BCUT2D eigenvalue weighted by Gasteiger charge is -2.31. The average molecular weight is 511 g/mol. The number of fused-ring (bicyclic) bond motifs is 1. The first-order chi connectivity index (χ1) is 16.0. The highest BCUT2D eigenvalue weighted by Gasteiger charge is 2.25. The van der Waals surface area contributed by atoms with Gasteiger partial charge in [0.1, 0.15) is 22.5 Å². The fourth-order valence-corrected chi connectivity index (χ4v) is 4.99. The predicted molar refractivity (Wildman–Crippen MR) is 131 cm³/mol. The van der Waals surface area contributed by atoms with Gasteiger partial charge in [-0.05, 0) is 30.7 Å². The molecule has 1 saturated heterocycles. The van der Waals surface area contributed by atoms with Crippen LogP contribution in [-0.2, 0) is 16.0 Å². The molecular formula is C22H24Cl2N4O4S. The number of aromatic nitrogens is 2. The number of carbonyl (C=O) groups is 1. The van der Waals surface area contributed by atoms with Gasteiger partial charge >= 0.3 is 6.16 Å². The fourth-order valence-electron chi connectivity index (χ4n) is 3.62. The van der Waals surface area contributed by atoms with E-state index in [1.165, 1.54) is 11.3 Å². The molecule has 0 radical (unpaired) electrons. The van der Waals surface area contributed by atoms with Gasteiger partial charge in [0.15, 0.2) is 0 Å². The molecule has 0 amide bonds. The number of methoxy groups -OCH3 is 1. The van der Waals surface area contributed by atoms with Crippen molar-refractivity contribution in [2.75, 3.05) is 37.0 Å². The highest BCUT2D eigenvalue weighted by Crippen LogP contribution is 2.34. The first-order valence-corrected chi connectivity index (χ1v) is 12.2. The standard InChI is InChI=1S/C22H24Cl2N4O4S/c1-3-31-22(29)32-14-6-8-28(9-7-14)21-26-19(15-11-18(24)33-20(15)27-21)25-12-13-4-5-17(30-2)16(23)10-13/h4-5,10-11,14H,3,6-9,12H2,1-2H3,(H,25,26,27). The lowest BCUT2D eigenvalue weighted by Crippen LogP contribution is -2.39. The summed E-state index contributed by atoms with van der Waals surface area (Å²) in [7, 11) is 1.59. The van der Waals surface area contributed by atoms with Crippen LogP contribution in [0.25, 0.3) is 10.2 Å². The van der Waals surface area contributed by atoms with Gasteiger partial charge in [0.25, 0.3) is 0 Å². The lowest BCUT2D eigenvalue weighted by atomic mass is 10.1.